The van der Waals surface area contributed by atoms with Crippen molar-refractivity contribution in [2.75, 3.05) is 6.38 Å². The van der Waals surface area contributed by atoms with E-state index in [0.717, 1.165) is 0 Å². The van der Waals surface area contributed by atoms with Crippen LogP contribution < -0.4 is 0 Å². The molecule has 0 nitrogen and oxygen atoms in total. The zero-order valence-corrected chi connectivity index (χ0v) is 16.1. The van der Waals surface area contributed by atoms with Gasteiger partial charge in [-0.1, -0.05) is 129 Å². The lowest BCUT2D eigenvalue weighted by molar-refractivity contribution is 1.67. The molecule has 1 heteroatoms. The third-order valence-electron chi connectivity index (χ3n) is 3.11. The zero-order chi connectivity index (χ0) is 19.5. The molecule has 0 atom stereocenters. The molecule has 0 radical (unpaired) electrons. The van der Waals surface area contributed by atoms with Crippen molar-refractivity contribution in [1.82, 2.24) is 0 Å². The van der Waals surface area contributed by atoms with Crippen LogP contribution in [0.1, 0.15) is 16.7 Å². The first-order valence-electron chi connectivity index (χ1n) is 8.20. The van der Waals surface area contributed by atoms with Crippen molar-refractivity contribution in [1.29, 1.82) is 0 Å². The van der Waals surface area contributed by atoms with Gasteiger partial charge in [0.2, 0.25) is 0 Å². The van der Waals surface area contributed by atoms with Crippen molar-refractivity contribution in [3.8, 4) is 0 Å². The number of hydrogen-bond donors (Lipinski definition) is 0. The normalized spacial score (nSPS) is 8.08. The van der Waals surface area contributed by atoms with E-state index in [9.17, 15) is 0 Å². The summed E-state index contributed by atoms with van der Waals surface area (Å²) in [6.07, 6.45) is 6.97. The fourth-order valence-corrected chi connectivity index (χ4v) is 1.77. The van der Waals surface area contributed by atoms with Gasteiger partial charge in [0.15, 0.2) is 0 Å². The summed E-state index contributed by atoms with van der Waals surface area (Å²) >= 11 is 4.64. The van der Waals surface area contributed by atoms with Gasteiger partial charge in [0.05, 0.1) is 0 Å². The van der Waals surface area contributed by atoms with E-state index in [4.69, 9.17) is 0 Å². The molecular formula is C25H27Cl. The summed E-state index contributed by atoms with van der Waals surface area (Å²) < 4.78 is 0. The van der Waals surface area contributed by atoms with Crippen LogP contribution in [0.15, 0.2) is 111 Å². The number of hydrogen-bond acceptors (Lipinski definition) is 0. The van der Waals surface area contributed by atoms with Crippen molar-refractivity contribution in [2.24, 2.45) is 0 Å². The minimum absolute atomic E-state index is 1.17. The molecule has 0 amide bonds. The Labute approximate surface area is 163 Å². The lowest BCUT2D eigenvalue weighted by atomic mass is 10.2. The standard InChI is InChI=1S/3C8H8.CH3Cl/c3*1-2-8-6-4-3-5-7-8;1-2/h3*2-7H,1H2;1H3. The van der Waals surface area contributed by atoms with Gasteiger partial charge in [-0.2, -0.15) is 0 Å². The molecule has 0 saturated carbocycles. The molecular weight excluding hydrogens is 336 g/mol. The van der Waals surface area contributed by atoms with Crippen LogP contribution >= 0.6 is 11.6 Å². The van der Waals surface area contributed by atoms with Crippen LogP contribution in [-0.2, 0) is 0 Å². The summed E-state index contributed by atoms with van der Waals surface area (Å²) in [5, 5.41) is 0. The van der Waals surface area contributed by atoms with Gasteiger partial charge in [-0.05, 0) is 16.7 Å². The molecule has 0 aliphatic carbocycles. The Hall–Kier alpha value is -2.83. The van der Waals surface area contributed by atoms with Crippen LogP contribution in [0.2, 0.25) is 0 Å². The largest absolute Gasteiger partial charge is 0.130 e. The average Bonchev–Trinajstić information content (AvgIpc) is 2.77. The highest BCUT2D eigenvalue weighted by Crippen LogP contribution is 1.98. The van der Waals surface area contributed by atoms with Crippen molar-refractivity contribution in [2.45, 2.75) is 0 Å². The van der Waals surface area contributed by atoms with E-state index >= 15 is 0 Å². The van der Waals surface area contributed by atoms with Gasteiger partial charge in [0, 0.05) is 6.38 Å². The molecule has 0 spiro atoms. The average molecular weight is 363 g/mol. The van der Waals surface area contributed by atoms with Crippen LogP contribution in [0.5, 0.6) is 0 Å². The smallest absolute Gasteiger partial charge is 0.0108 e. The molecule has 0 aromatic heterocycles. The third-order valence-corrected chi connectivity index (χ3v) is 3.11. The summed E-state index contributed by atoms with van der Waals surface area (Å²) in [7, 11) is 0. The Balaban J connectivity index is 0.000000344. The van der Waals surface area contributed by atoms with Gasteiger partial charge in [-0.15, -0.1) is 11.6 Å². The molecule has 0 bridgehead atoms. The third kappa shape index (κ3) is 11.7. The van der Waals surface area contributed by atoms with Crippen molar-refractivity contribution < 1.29 is 0 Å². The van der Waals surface area contributed by atoms with Crippen LogP contribution in [0, 0.1) is 0 Å². The summed E-state index contributed by atoms with van der Waals surface area (Å²) in [5.41, 5.74) is 3.52. The second kappa shape index (κ2) is 17.0. The molecule has 0 unspecified atom stereocenters. The number of rotatable bonds is 3. The van der Waals surface area contributed by atoms with Crippen molar-refractivity contribution >= 4 is 29.8 Å². The minimum Gasteiger partial charge on any atom is -0.130 e. The summed E-state index contributed by atoms with van der Waals surface area (Å²) in [5.74, 6) is 0. The number of benzene rings is 3. The predicted molar refractivity (Wildman–Crippen MR) is 121 cm³/mol. The summed E-state index contributed by atoms with van der Waals surface area (Å²) in [6.45, 7) is 10.9. The van der Waals surface area contributed by atoms with Crippen LogP contribution in [0.3, 0.4) is 0 Å². The molecule has 0 N–H and O–H groups in total. The lowest BCUT2D eigenvalue weighted by Crippen LogP contribution is -1.63. The van der Waals surface area contributed by atoms with E-state index in [1.165, 1.54) is 23.1 Å². The van der Waals surface area contributed by atoms with Gasteiger partial charge >= 0.3 is 0 Å². The van der Waals surface area contributed by atoms with E-state index < -0.39 is 0 Å². The van der Waals surface area contributed by atoms with Gasteiger partial charge in [-0.3, -0.25) is 0 Å². The molecule has 134 valence electrons. The number of alkyl halides is 1. The molecule has 3 aromatic carbocycles. The van der Waals surface area contributed by atoms with Gasteiger partial charge < -0.3 is 0 Å². The van der Waals surface area contributed by atoms with E-state index in [1.807, 2.05) is 109 Å². The topological polar surface area (TPSA) is 0 Å². The van der Waals surface area contributed by atoms with Crippen LogP contribution in [0.25, 0.3) is 18.2 Å². The fourth-order valence-electron chi connectivity index (χ4n) is 1.77. The molecule has 0 aliphatic heterocycles. The van der Waals surface area contributed by atoms with Crippen LogP contribution in [-0.4, -0.2) is 6.38 Å². The van der Waals surface area contributed by atoms with Crippen molar-refractivity contribution in [3.05, 3.63) is 127 Å². The second-order valence-corrected chi connectivity index (χ2v) is 4.84. The number of halogens is 1. The second-order valence-electron chi connectivity index (χ2n) is 4.84. The lowest BCUT2D eigenvalue weighted by Gasteiger charge is -1.85. The SMILES string of the molecule is C=Cc1ccccc1.C=Cc1ccccc1.C=Cc1ccccc1.CCl. The first kappa shape index (κ1) is 23.2. The molecule has 0 aliphatic rings. The fraction of sp³-hybridized carbons (Fsp3) is 0.0400. The first-order valence-corrected chi connectivity index (χ1v) is 8.96. The quantitative estimate of drug-likeness (QED) is 0.416. The van der Waals surface area contributed by atoms with Crippen molar-refractivity contribution in [3.63, 3.8) is 0 Å². The highest BCUT2D eigenvalue weighted by Gasteiger charge is 1.77. The predicted octanol–water partition coefficient (Wildman–Crippen LogP) is 7.84. The minimum atomic E-state index is 1.17. The Bertz CT molecular complexity index is 597. The Morgan fingerprint density at radius 1 is 0.462 bits per heavy atom. The maximum absolute atomic E-state index is 4.64. The van der Waals surface area contributed by atoms with Crippen LogP contribution in [0.4, 0.5) is 0 Å². The maximum atomic E-state index is 4.64. The van der Waals surface area contributed by atoms with E-state index in [1.54, 1.807) is 0 Å². The van der Waals surface area contributed by atoms with Gasteiger partial charge in [0.25, 0.3) is 0 Å². The molecule has 0 fully saturated rings. The maximum Gasteiger partial charge on any atom is 0.0108 e. The van der Waals surface area contributed by atoms with E-state index in [2.05, 4.69) is 31.3 Å². The highest BCUT2D eigenvalue weighted by molar-refractivity contribution is 6.15. The van der Waals surface area contributed by atoms with E-state index in [0.29, 0.717) is 0 Å². The monoisotopic (exact) mass is 362 g/mol. The molecule has 3 aromatic rings. The highest BCUT2D eigenvalue weighted by atomic mass is 35.5. The molecule has 0 saturated heterocycles. The van der Waals surface area contributed by atoms with Gasteiger partial charge in [0.1, 0.15) is 0 Å². The summed E-state index contributed by atoms with van der Waals surface area (Å²) in [6, 6.07) is 30.1. The zero-order valence-electron chi connectivity index (χ0n) is 15.4. The Morgan fingerprint density at radius 2 is 0.654 bits per heavy atom. The molecule has 3 rings (SSSR count). The molecule has 0 heterocycles. The summed E-state index contributed by atoms with van der Waals surface area (Å²) in [4.78, 5) is 0. The van der Waals surface area contributed by atoms with E-state index in [-0.39, 0.29) is 0 Å². The first-order chi connectivity index (χ1) is 12.8. The Morgan fingerprint density at radius 3 is 0.769 bits per heavy atom. The molecule has 26 heavy (non-hydrogen) atoms. The van der Waals surface area contributed by atoms with Gasteiger partial charge in [-0.25, -0.2) is 0 Å². The Kier molecular flexibility index (Phi) is 15.2.